The van der Waals surface area contributed by atoms with Gasteiger partial charge in [-0.3, -0.25) is 0 Å². The first-order valence-electron chi connectivity index (χ1n) is 4.66. The van der Waals surface area contributed by atoms with E-state index in [9.17, 15) is 5.11 Å². The van der Waals surface area contributed by atoms with Crippen LogP contribution < -0.4 is 0 Å². The molecule has 1 aromatic rings. The topological polar surface area (TPSA) is 20.2 Å². The molecule has 1 saturated carbocycles. The van der Waals surface area contributed by atoms with E-state index in [-0.39, 0.29) is 5.41 Å². The van der Waals surface area contributed by atoms with Gasteiger partial charge >= 0.3 is 0 Å². The molecule has 0 heterocycles. The van der Waals surface area contributed by atoms with Gasteiger partial charge in [0.25, 0.3) is 0 Å². The standard InChI is InChI=1S/C11H12Cl2O/c1-11(4-5-11)10(14)8-6-7(12)2-3-9(8)13/h2-3,6,10,14H,4-5H2,1H3. The molecule has 0 saturated heterocycles. The van der Waals surface area contributed by atoms with Crippen molar-refractivity contribution in [2.75, 3.05) is 0 Å². The number of aliphatic hydroxyl groups excluding tert-OH is 1. The molecule has 1 N–H and O–H groups in total. The molecule has 0 amide bonds. The van der Waals surface area contributed by atoms with Gasteiger partial charge in [0.05, 0.1) is 6.10 Å². The molecule has 1 atom stereocenters. The monoisotopic (exact) mass is 230 g/mol. The molecule has 1 unspecified atom stereocenters. The summed E-state index contributed by atoms with van der Waals surface area (Å²) in [5.41, 5.74) is 0.757. The van der Waals surface area contributed by atoms with E-state index < -0.39 is 6.10 Å². The predicted octanol–water partition coefficient (Wildman–Crippen LogP) is 3.83. The van der Waals surface area contributed by atoms with Crippen molar-refractivity contribution in [3.63, 3.8) is 0 Å². The smallest absolute Gasteiger partial charge is 0.0858 e. The van der Waals surface area contributed by atoms with Gasteiger partial charge in [0.15, 0.2) is 0 Å². The van der Waals surface area contributed by atoms with Crippen LogP contribution in [-0.2, 0) is 0 Å². The van der Waals surface area contributed by atoms with Crippen LogP contribution in [-0.4, -0.2) is 5.11 Å². The molecular formula is C11H12Cl2O. The largest absolute Gasteiger partial charge is 0.388 e. The molecule has 1 nitrogen and oxygen atoms in total. The molecule has 1 aliphatic rings. The Morgan fingerprint density at radius 3 is 2.57 bits per heavy atom. The lowest BCUT2D eigenvalue weighted by Gasteiger charge is -2.19. The summed E-state index contributed by atoms with van der Waals surface area (Å²) in [6.07, 6.45) is 1.61. The molecule has 76 valence electrons. The molecule has 0 bridgehead atoms. The van der Waals surface area contributed by atoms with Crippen molar-refractivity contribution in [3.05, 3.63) is 33.8 Å². The number of hydrogen-bond acceptors (Lipinski definition) is 1. The van der Waals surface area contributed by atoms with Crippen LogP contribution in [0.3, 0.4) is 0 Å². The molecule has 1 aromatic carbocycles. The molecule has 2 rings (SSSR count). The summed E-state index contributed by atoms with van der Waals surface area (Å²) in [7, 11) is 0. The molecule has 0 spiro atoms. The molecule has 0 aliphatic heterocycles. The Labute approximate surface area is 93.7 Å². The van der Waals surface area contributed by atoms with Crippen molar-refractivity contribution in [1.29, 1.82) is 0 Å². The number of benzene rings is 1. The highest BCUT2D eigenvalue weighted by Crippen LogP contribution is 2.55. The van der Waals surface area contributed by atoms with E-state index >= 15 is 0 Å². The first-order chi connectivity index (χ1) is 6.53. The Morgan fingerprint density at radius 1 is 1.36 bits per heavy atom. The Hall–Kier alpha value is -0.240. The van der Waals surface area contributed by atoms with Gasteiger partial charge in [0.2, 0.25) is 0 Å². The number of halogens is 2. The summed E-state index contributed by atoms with van der Waals surface area (Å²) in [6, 6.07) is 5.21. The molecule has 14 heavy (non-hydrogen) atoms. The summed E-state index contributed by atoms with van der Waals surface area (Å²) >= 11 is 11.9. The number of rotatable bonds is 2. The maximum atomic E-state index is 10.1. The minimum absolute atomic E-state index is 0.00826. The van der Waals surface area contributed by atoms with E-state index in [1.54, 1.807) is 18.2 Å². The fourth-order valence-corrected chi connectivity index (χ4v) is 1.97. The van der Waals surface area contributed by atoms with E-state index in [4.69, 9.17) is 23.2 Å². The molecule has 0 aromatic heterocycles. The van der Waals surface area contributed by atoms with Crippen LogP contribution in [0.25, 0.3) is 0 Å². The van der Waals surface area contributed by atoms with Crippen molar-refractivity contribution in [2.24, 2.45) is 5.41 Å². The van der Waals surface area contributed by atoms with Crippen LogP contribution in [0.15, 0.2) is 18.2 Å². The van der Waals surface area contributed by atoms with Gasteiger partial charge in [-0.2, -0.15) is 0 Å². The maximum absolute atomic E-state index is 10.1. The number of aliphatic hydroxyl groups is 1. The third kappa shape index (κ3) is 1.77. The average molecular weight is 231 g/mol. The summed E-state index contributed by atoms with van der Waals surface area (Å²) in [5.74, 6) is 0. The van der Waals surface area contributed by atoms with Crippen LogP contribution in [0.2, 0.25) is 10.0 Å². The van der Waals surface area contributed by atoms with Crippen LogP contribution in [0.5, 0.6) is 0 Å². The summed E-state index contributed by atoms with van der Waals surface area (Å²) in [5, 5.41) is 11.3. The first-order valence-corrected chi connectivity index (χ1v) is 5.41. The molecule has 0 radical (unpaired) electrons. The zero-order valence-corrected chi connectivity index (χ0v) is 9.44. The highest BCUT2D eigenvalue weighted by molar-refractivity contribution is 6.33. The third-order valence-electron chi connectivity index (χ3n) is 2.95. The third-order valence-corrected chi connectivity index (χ3v) is 3.53. The quantitative estimate of drug-likeness (QED) is 0.820. The van der Waals surface area contributed by atoms with Gasteiger partial charge in [0, 0.05) is 15.6 Å². The van der Waals surface area contributed by atoms with Crippen LogP contribution in [0, 0.1) is 5.41 Å². The van der Waals surface area contributed by atoms with Gasteiger partial charge < -0.3 is 5.11 Å². The highest BCUT2D eigenvalue weighted by atomic mass is 35.5. The molecule has 1 aliphatic carbocycles. The van der Waals surface area contributed by atoms with Crippen molar-refractivity contribution in [3.8, 4) is 0 Å². The zero-order valence-electron chi connectivity index (χ0n) is 7.93. The van der Waals surface area contributed by atoms with Crippen molar-refractivity contribution in [1.82, 2.24) is 0 Å². The number of hydrogen-bond donors (Lipinski definition) is 1. The Morgan fingerprint density at radius 2 is 2.00 bits per heavy atom. The second kappa shape index (κ2) is 3.41. The lowest BCUT2D eigenvalue weighted by molar-refractivity contribution is 0.104. The average Bonchev–Trinajstić information content (AvgIpc) is 2.88. The normalized spacial score (nSPS) is 20.6. The second-order valence-electron chi connectivity index (χ2n) is 4.22. The fraction of sp³-hybridized carbons (Fsp3) is 0.455. The van der Waals surface area contributed by atoms with Gasteiger partial charge in [-0.25, -0.2) is 0 Å². The summed E-state index contributed by atoms with van der Waals surface area (Å²) in [4.78, 5) is 0. The van der Waals surface area contributed by atoms with E-state index in [0.717, 1.165) is 18.4 Å². The van der Waals surface area contributed by atoms with Gasteiger partial charge in [-0.15, -0.1) is 0 Å². The van der Waals surface area contributed by atoms with E-state index in [1.807, 2.05) is 0 Å². The van der Waals surface area contributed by atoms with Gasteiger partial charge in [0.1, 0.15) is 0 Å². The second-order valence-corrected chi connectivity index (χ2v) is 5.07. The molecule has 1 fully saturated rings. The summed E-state index contributed by atoms with van der Waals surface area (Å²) < 4.78 is 0. The van der Waals surface area contributed by atoms with E-state index in [1.165, 1.54) is 0 Å². The van der Waals surface area contributed by atoms with Crippen molar-refractivity contribution >= 4 is 23.2 Å². The summed E-state index contributed by atoms with van der Waals surface area (Å²) in [6.45, 7) is 2.06. The minimum Gasteiger partial charge on any atom is -0.388 e. The fourth-order valence-electron chi connectivity index (χ4n) is 1.57. The van der Waals surface area contributed by atoms with E-state index in [2.05, 4.69) is 6.92 Å². The van der Waals surface area contributed by atoms with Gasteiger partial charge in [-0.1, -0.05) is 30.1 Å². The predicted molar refractivity (Wildman–Crippen MR) is 58.8 cm³/mol. The maximum Gasteiger partial charge on any atom is 0.0858 e. The lowest BCUT2D eigenvalue weighted by atomic mass is 9.95. The lowest BCUT2D eigenvalue weighted by Crippen LogP contribution is -2.10. The first kappa shape index (κ1) is 10.3. The van der Waals surface area contributed by atoms with Crippen LogP contribution in [0.1, 0.15) is 31.4 Å². The van der Waals surface area contributed by atoms with Crippen LogP contribution >= 0.6 is 23.2 Å². The molecular weight excluding hydrogens is 219 g/mol. The van der Waals surface area contributed by atoms with Crippen LogP contribution in [0.4, 0.5) is 0 Å². The SMILES string of the molecule is CC1(C(O)c2cc(Cl)ccc2Cl)CC1. The Bertz CT molecular complexity index is 358. The van der Waals surface area contributed by atoms with Crippen molar-refractivity contribution in [2.45, 2.75) is 25.9 Å². The highest BCUT2D eigenvalue weighted by Gasteiger charge is 2.45. The van der Waals surface area contributed by atoms with E-state index in [0.29, 0.717) is 10.0 Å². The van der Waals surface area contributed by atoms with Gasteiger partial charge in [-0.05, 0) is 36.5 Å². The zero-order chi connectivity index (χ0) is 10.3. The minimum atomic E-state index is -0.492. The Kier molecular flexibility index (Phi) is 2.50. The molecule has 3 heteroatoms. The van der Waals surface area contributed by atoms with Crippen molar-refractivity contribution < 1.29 is 5.11 Å². The Balaban J connectivity index is 2.35.